The van der Waals surface area contributed by atoms with Gasteiger partial charge in [0.2, 0.25) is 5.95 Å². The summed E-state index contributed by atoms with van der Waals surface area (Å²) >= 11 is 1.68. The number of fused-ring (bicyclic) bond motifs is 1. The molecule has 1 aliphatic rings. The number of hydrogen-bond acceptors (Lipinski definition) is 9. The summed E-state index contributed by atoms with van der Waals surface area (Å²) < 4.78 is 15.9. The van der Waals surface area contributed by atoms with Gasteiger partial charge in [0, 0.05) is 55.4 Å². The first kappa shape index (κ1) is 19.6. The maximum Gasteiger partial charge on any atom is 0.247 e. The van der Waals surface area contributed by atoms with E-state index in [9.17, 15) is 0 Å². The number of aromatic nitrogens is 4. The molecule has 29 heavy (non-hydrogen) atoms. The van der Waals surface area contributed by atoms with Crippen LogP contribution in [0.5, 0.6) is 11.5 Å². The normalized spacial score (nSPS) is 14.9. The minimum atomic E-state index is 0.494. The first-order valence-corrected chi connectivity index (χ1v) is 10.7. The van der Waals surface area contributed by atoms with E-state index in [4.69, 9.17) is 9.47 Å². The van der Waals surface area contributed by atoms with Crippen LogP contribution in [0.2, 0.25) is 0 Å². The van der Waals surface area contributed by atoms with Crippen molar-refractivity contribution in [1.29, 1.82) is 0 Å². The van der Waals surface area contributed by atoms with Crippen LogP contribution in [-0.4, -0.2) is 59.2 Å². The van der Waals surface area contributed by atoms with Crippen LogP contribution in [0.4, 0.5) is 17.5 Å². The van der Waals surface area contributed by atoms with Gasteiger partial charge in [0.1, 0.15) is 11.5 Å². The fraction of sp³-hybridized carbons (Fsp3) is 0.421. The van der Waals surface area contributed by atoms with Crippen LogP contribution in [0.15, 0.2) is 30.6 Å². The minimum absolute atomic E-state index is 0.494. The van der Waals surface area contributed by atoms with Crippen LogP contribution in [0.1, 0.15) is 12.8 Å². The van der Waals surface area contributed by atoms with E-state index in [1.807, 2.05) is 24.4 Å². The highest BCUT2D eigenvalue weighted by molar-refractivity contribution is 7.96. The molecule has 0 radical (unpaired) electrons. The average molecular weight is 416 g/mol. The topological polar surface area (TPSA) is 88.8 Å². The van der Waals surface area contributed by atoms with Crippen LogP contribution in [0, 0.1) is 0 Å². The lowest BCUT2D eigenvalue weighted by atomic mass is 10.1. The average Bonchev–Trinajstić information content (AvgIpc) is 3.16. The van der Waals surface area contributed by atoms with Crippen molar-refractivity contribution in [2.45, 2.75) is 18.9 Å². The SMILES string of the molecule is COc1cc(Nc2nc3c(N4CCC(NSC)CC4)nccn3n2)cc(OC)c1. The van der Waals surface area contributed by atoms with Gasteiger partial charge in [-0.1, -0.05) is 11.9 Å². The van der Waals surface area contributed by atoms with Crippen molar-refractivity contribution in [3.8, 4) is 11.5 Å². The molecule has 0 saturated carbocycles. The molecule has 0 unspecified atom stereocenters. The second-order valence-corrected chi connectivity index (χ2v) is 7.41. The van der Waals surface area contributed by atoms with Gasteiger partial charge in [-0.15, -0.1) is 5.10 Å². The smallest absolute Gasteiger partial charge is 0.247 e. The summed E-state index contributed by atoms with van der Waals surface area (Å²) in [6.07, 6.45) is 7.79. The van der Waals surface area contributed by atoms with Gasteiger partial charge in [-0.25, -0.2) is 9.50 Å². The Kier molecular flexibility index (Phi) is 5.91. The monoisotopic (exact) mass is 415 g/mol. The summed E-state index contributed by atoms with van der Waals surface area (Å²) in [4.78, 5) is 11.5. The number of rotatable bonds is 7. The van der Waals surface area contributed by atoms with E-state index in [2.05, 4.69) is 36.3 Å². The maximum atomic E-state index is 5.33. The molecule has 10 heteroatoms. The van der Waals surface area contributed by atoms with Gasteiger partial charge in [-0.2, -0.15) is 4.98 Å². The van der Waals surface area contributed by atoms with Gasteiger partial charge < -0.3 is 19.7 Å². The molecule has 3 heterocycles. The van der Waals surface area contributed by atoms with Gasteiger partial charge >= 0.3 is 0 Å². The highest BCUT2D eigenvalue weighted by atomic mass is 32.2. The molecule has 0 aliphatic carbocycles. The largest absolute Gasteiger partial charge is 0.497 e. The zero-order valence-corrected chi connectivity index (χ0v) is 17.6. The molecule has 2 aromatic heterocycles. The van der Waals surface area contributed by atoms with E-state index < -0.39 is 0 Å². The second-order valence-electron chi connectivity index (χ2n) is 6.76. The molecule has 0 amide bonds. The summed E-state index contributed by atoms with van der Waals surface area (Å²) in [5, 5.41) is 7.78. The number of methoxy groups -OCH3 is 2. The summed E-state index contributed by atoms with van der Waals surface area (Å²) in [6, 6.07) is 6.10. The number of piperidine rings is 1. The summed E-state index contributed by atoms with van der Waals surface area (Å²) in [5.41, 5.74) is 1.52. The highest BCUT2D eigenvalue weighted by Gasteiger charge is 2.22. The van der Waals surface area contributed by atoms with Crippen molar-refractivity contribution in [2.75, 3.05) is 43.8 Å². The van der Waals surface area contributed by atoms with E-state index in [0.717, 1.165) is 43.1 Å². The molecule has 154 valence electrons. The fourth-order valence-electron chi connectivity index (χ4n) is 3.47. The van der Waals surface area contributed by atoms with E-state index in [1.54, 1.807) is 36.9 Å². The Morgan fingerprint density at radius 1 is 1.10 bits per heavy atom. The summed E-state index contributed by atoms with van der Waals surface area (Å²) in [7, 11) is 3.25. The zero-order chi connectivity index (χ0) is 20.2. The van der Waals surface area contributed by atoms with Crippen molar-refractivity contribution >= 4 is 35.0 Å². The molecule has 9 nitrogen and oxygen atoms in total. The fourth-order valence-corrected chi connectivity index (χ4v) is 4.03. The molecule has 4 rings (SSSR count). The Morgan fingerprint density at radius 2 is 1.83 bits per heavy atom. The van der Waals surface area contributed by atoms with Crippen molar-refractivity contribution in [1.82, 2.24) is 24.3 Å². The third kappa shape index (κ3) is 4.33. The van der Waals surface area contributed by atoms with Crippen LogP contribution < -0.4 is 24.4 Å². The van der Waals surface area contributed by atoms with E-state index in [1.165, 1.54) is 0 Å². The lowest BCUT2D eigenvalue weighted by Crippen LogP contribution is -2.41. The Labute approximate surface area is 173 Å². The molecule has 0 bridgehead atoms. The Hall–Kier alpha value is -2.72. The standard InChI is InChI=1S/C19H25N7O2S/c1-27-15-10-14(11-16(12-15)28-2)21-19-22-18-17(20-6-9-26(18)23-19)25-7-4-13(5-8-25)24-29-3/h6,9-13,24H,4-5,7-8H2,1-3H3,(H,21,23). The predicted molar refractivity (Wildman–Crippen MR) is 115 cm³/mol. The molecule has 2 N–H and O–H groups in total. The van der Waals surface area contributed by atoms with Crippen molar-refractivity contribution in [3.05, 3.63) is 30.6 Å². The highest BCUT2D eigenvalue weighted by Crippen LogP contribution is 2.28. The van der Waals surface area contributed by atoms with E-state index in [-0.39, 0.29) is 0 Å². The van der Waals surface area contributed by atoms with Gasteiger partial charge in [-0.05, 0) is 19.1 Å². The van der Waals surface area contributed by atoms with E-state index >= 15 is 0 Å². The van der Waals surface area contributed by atoms with Gasteiger partial charge in [-0.3, -0.25) is 4.72 Å². The number of anilines is 3. The Bertz CT molecular complexity index is 950. The first-order chi connectivity index (χ1) is 14.2. The van der Waals surface area contributed by atoms with Gasteiger partial charge in [0.25, 0.3) is 0 Å². The number of nitrogens with zero attached hydrogens (tertiary/aromatic N) is 5. The molecular formula is C19H25N7O2S. The molecule has 1 saturated heterocycles. The zero-order valence-electron chi connectivity index (χ0n) is 16.8. The van der Waals surface area contributed by atoms with Crippen molar-refractivity contribution < 1.29 is 9.47 Å². The Balaban J connectivity index is 1.57. The lowest BCUT2D eigenvalue weighted by Gasteiger charge is -2.32. The predicted octanol–water partition coefficient (Wildman–Crippen LogP) is 2.72. The third-order valence-electron chi connectivity index (χ3n) is 4.92. The number of benzene rings is 1. The van der Waals surface area contributed by atoms with Crippen molar-refractivity contribution in [3.63, 3.8) is 0 Å². The third-order valence-corrected chi connectivity index (χ3v) is 5.49. The lowest BCUT2D eigenvalue weighted by molar-refractivity contribution is 0.395. The molecule has 1 fully saturated rings. The van der Waals surface area contributed by atoms with Crippen molar-refractivity contribution in [2.24, 2.45) is 0 Å². The summed E-state index contributed by atoms with van der Waals surface area (Å²) in [6.45, 7) is 1.88. The number of nitrogens with one attached hydrogen (secondary N) is 2. The number of ether oxygens (including phenoxy) is 2. The summed E-state index contributed by atoms with van der Waals surface area (Å²) in [5.74, 6) is 2.74. The second kappa shape index (κ2) is 8.75. The quantitative estimate of drug-likeness (QED) is 0.565. The Morgan fingerprint density at radius 3 is 2.48 bits per heavy atom. The minimum Gasteiger partial charge on any atom is -0.497 e. The molecule has 1 aromatic carbocycles. The van der Waals surface area contributed by atoms with E-state index in [0.29, 0.717) is 23.5 Å². The molecule has 1 aliphatic heterocycles. The van der Waals surface area contributed by atoms with Crippen LogP contribution >= 0.6 is 11.9 Å². The van der Waals surface area contributed by atoms with Crippen LogP contribution in [-0.2, 0) is 0 Å². The molecule has 3 aromatic rings. The molecular weight excluding hydrogens is 390 g/mol. The molecule has 0 spiro atoms. The van der Waals surface area contributed by atoms with Gasteiger partial charge in [0.05, 0.1) is 14.2 Å². The maximum absolute atomic E-state index is 5.33. The van der Waals surface area contributed by atoms with Crippen LogP contribution in [0.25, 0.3) is 5.65 Å². The first-order valence-electron chi connectivity index (χ1n) is 9.45. The van der Waals surface area contributed by atoms with Gasteiger partial charge in [0.15, 0.2) is 11.5 Å². The molecule has 0 atom stereocenters. The number of hydrogen-bond donors (Lipinski definition) is 2. The van der Waals surface area contributed by atoms with Crippen LogP contribution in [0.3, 0.4) is 0 Å².